The van der Waals surface area contributed by atoms with Gasteiger partial charge in [0.05, 0.1) is 0 Å². The van der Waals surface area contributed by atoms with Crippen LogP contribution in [0.25, 0.3) is 11.1 Å². The molecule has 2 N–H and O–H groups in total. The summed E-state index contributed by atoms with van der Waals surface area (Å²) in [4.78, 5) is 0. The van der Waals surface area contributed by atoms with Crippen LogP contribution in [-0.2, 0) is 26.8 Å². The Hall–Kier alpha value is -0.938. The maximum absolute atomic E-state index is 5.69. The average Bonchev–Trinajstić information content (AvgIpc) is 2.35. The minimum absolute atomic E-state index is 0. The maximum atomic E-state index is 5.69. The molecule has 0 bridgehead atoms. The third-order valence-corrected chi connectivity index (χ3v) is 3.13. The van der Waals surface area contributed by atoms with Crippen molar-refractivity contribution in [2.45, 2.75) is 20.3 Å². The van der Waals surface area contributed by atoms with E-state index in [0.717, 1.165) is 12.0 Å². The fourth-order valence-corrected chi connectivity index (χ4v) is 2.05. The van der Waals surface area contributed by atoms with Gasteiger partial charge in [-0.15, -0.1) is 35.9 Å². The molecule has 0 radical (unpaired) electrons. The van der Waals surface area contributed by atoms with Crippen LogP contribution >= 0.6 is 0 Å². The molecule has 2 rings (SSSR count). The Morgan fingerprint density at radius 2 is 1.83 bits per heavy atom. The first-order chi connectivity index (χ1) is 8.22. The van der Waals surface area contributed by atoms with Gasteiger partial charge in [-0.25, -0.2) is 0 Å². The normalized spacial score (nSPS) is 9.94. The number of aryl methyl sites for hydroxylation is 2. The molecule has 2 aromatic carbocycles. The largest absolute Gasteiger partial charge is 0.330 e. The van der Waals surface area contributed by atoms with Gasteiger partial charge in [0.25, 0.3) is 0 Å². The molecule has 1 nitrogen and oxygen atoms in total. The molecule has 18 heavy (non-hydrogen) atoms. The summed E-state index contributed by atoms with van der Waals surface area (Å²) in [6, 6.07) is 15.9. The van der Waals surface area contributed by atoms with E-state index in [-0.39, 0.29) is 20.4 Å². The number of rotatable bonds is 3. The summed E-state index contributed by atoms with van der Waals surface area (Å²) in [6.07, 6.45) is 0.916. The standard InChI is InChI=1S/C16H18N.Pd/c1-12-10-15(8-9-17)16(11-13(12)2)14-6-4-3-5-7-14;/h3-6,10-11H,8-9,17H2,1-2H3;/q-1;. The van der Waals surface area contributed by atoms with E-state index in [4.69, 9.17) is 5.73 Å². The van der Waals surface area contributed by atoms with Crippen LogP contribution in [0.4, 0.5) is 0 Å². The Morgan fingerprint density at radius 1 is 1.11 bits per heavy atom. The first-order valence-electron chi connectivity index (χ1n) is 5.99. The molecule has 0 aliphatic rings. The molecule has 0 heterocycles. The van der Waals surface area contributed by atoms with Crippen molar-refractivity contribution in [3.8, 4) is 11.1 Å². The first-order valence-corrected chi connectivity index (χ1v) is 5.99. The van der Waals surface area contributed by atoms with Crippen LogP contribution in [0, 0.1) is 19.9 Å². The molecule has 2 aromatic rings. The van der Waals surface area contributed by atoms with Gasteiger partial charge in [0.1, 0.15) is 0 Å². The summed E-state index contributed by atoms with van der Waals surface area (Å²) in [5.41, 5.74) is 12.1. The average molecular weight is 331 g/mol. The van der Waals surface area contributed by atoms with Crippen LogP contribution in [0.15, 0.2) is 36.4 Å². The molecular formula is C16H18NPd-. The fourth-order valence-electron chi connectivity index (χ4n) is 2.05. The van der Waals surface area contributed by atoms with E-state index in [1.165, 1.54) is 22.3 Å². The van der Waals surface area contributed by atoms with Crippen molar-refractivity contribution in [1.82, 2.24) is 0 Å². The van der Waals surface area contributed by atoms with Gasteiger partial charge in [-0.05, 0) is 32.4 Å². The van der Waals surface area contributed by atoms with Crippen LogP contribution in [0.2, 0.25) is 0 Å². The first kappa shape index (κ1) is 15.1. The third-order valence-electron chi connectivity index (χ3n) is 3.13. The number of benzene rings is 2. The van der Waals surface area contributed by atoms with E-state index in [0.29, 0.717) is 6.54 Å². The molecule has 98 valence electrons. The summed E-state index contributed by atoms with van der Waals surface area (Å²) >= 11 is 0. The van der Waals surface area contributed by atoms with Crippen LogP contribution in [0.5, 0.6) is 0 Å². The van der Waals surface area contributed by atoms with Crippen molar-refractivity contribution in [1.29, 1.82) is 0 Å². The minimum atomic E-state index is 0. The summed E-state index contributed by atoms with van der Waals surface area (Å²) in [5, 5.41) is 0. The van der Waals surface area contributed by atoms with Gasteiger partial charge < -0.3 is 5.73 Å². The van der Waals surface area contributed by atoms with Gasteiger partial charge in [-0.2, -0.15) is 0 Å². The van der Waals surface area contributed by atoms with Crippen molar-refractivity contribution in [3.05, 3.63) is 59.2 Å². The van der Waals surface area contributed by atoms with Gasteiger partial charge in [-0.3, -0.25) is 0 Å². The molecule has 0 unspecified atom stereocenters. The molecule has 2 heteroatoms. The molecule has 0 aliphatic heterocycles. The van der Waals surface area contributed by atoms with Crippen molar-refractivity contribution in [2.75, 3.05) is 6.54 Å². The molecule has 0 atom stereocenters. The minimum Gasteiger partial charge on any atom is -0.330 e. The van der Waals surface area contributed by atoms with Crippen LogP contribution in [-0.4, -0.2) is 6.54 Å². The molecule has 0 saturated heterocycles. The maximum Gasteiger partial charge on any atom is 0 e. The Morgan fingerprint density at radius 3 is 2.44 bits per heavy atom. The second kappa shape index (κ2) is 6.85. The smallest absolute Gasteiger partial charge is 0 e. The summed E-state index contributed by atoms with van der Waals surface area (Å²) in [6.45, 7) is 4.98. The van der Waals surface area contributed by atoms with Crippen molar-refractivity contribution in [3.63, 3.8) is 0 Å². The van der Waals surface area contributed by atoms with Gasteiger partial charge in [0, 0.05) is 20.4 Å². The topological polar surface area (TPSA) is 26.0 Å². The molecule has 0 spiro atoms. The van der Waals surface area contributed by atoms with Crippen molar-refractivity contribution >= 4 is 0 Å². The van der Waals surface area contributed by atoms with E-state index in [1.54, 1.807) is 0 Å². The van der Waals surface area contributed by atoms with Crippen molar-refractivity contribution < 1.29 is 20.4 Å². The Labute approximate surface area is 123 Å². The molecule has 0 fully saturated rings. The SMILES string of the molecule is Cc1cc(CCN)c(-c2[c-]cccc2)cc1C.[Pd]. The van der Waals surface area contributed by atoms with E-state index in [9.17, 15) is 0 Å². The van der Waals surface area contributed by atoms with E-state index in [2.05, 4.69) is 38.1 Å². The monoisotopic (exact) mass is 330 g/mol. The molecular weight excluding hydrogens is 313 g/mol. The Balaban J connectivity index is 0.00000162. The zero-order chi connectivity index (χ0) is 12.3. The van der Waals surface area contributed by atoms with Gasteiger partial charge in [0.15, 0.2) is 0 Å². The van der Waals surface area contributed by atoms with Crippen molar-refractivity contribution in [2.24, 2.45) is 5.73 Å². The van der Waals surface area contributed by atoms with E-state index < -0.39 is 0 Å². The van der Waals surface area contributed by atoms with Gasteiger partial charge >= 0.3 is 0 Å². The predicted octanol–water partition coefficient (Wildman–Crippen LogP) is 3.27. The Kier molecular flexibility index (Phi) is 5.76. The number of nitrogens with two attached hydrogens (primary N) is 1. The summed E-state index contributed by atoms with van der Waals surface area (Å²) in [5.74, 6) is 0. The van der Waals surface area contributed by atoms with Gasteiger partial charge in [0.2, 0.25) is 0 Å². The quantitative estimate of drug-likeness (QED) is 0.678. The Bertz CT molecular complexity index is 506. The molecule has 0 saturated carbocycles. The zero-order valence-electron chi connectivity index (χ0n) is 10.8. The van der Waals surface area contributed by atoms with E-state index in [1.807, 2.05) is 18.2 Å². The molecule has 0 amide bonds. The number of hydrogen-bond donors (Lipinski definition) is 1. The molecule has 0 aromatic heterocycles. The zero-order valence-corrected chi connectivity index (χ0v) is 12.3. The number of hydrogen-bond acceptors (Lipinski definition) is 1. The summed E-state index contributed by atoms with van der Waals surface area (Å²) < 4.78 is 0. The van der Waals surface area contributed by atoms with Crippen LogP contribution < -0.4 is 5.73 Å². The second-order valence-electron chi connectivity index (χ2n) is 4.41. The summed E-state index contributed by atoms with van der Waals surface area (Å²) in [7, 11) is 0. The predicted molar refractivity (Wildman–Crippen MR) is 72.9 cm³/mol. The van der Waals surface area contributed by atoms with Crippen LogP contribution in [0.3, 0.4) is 0 Å². The molecule has 0 aliphatic carbocycles. The third kappa shape index (κ3) is 3.30. The van der Waals surface area contributed by atoms with E-state index >= 15 is 0 Å². The van der Waals surface area contributed by atoms with Gasteiger partial charge in [-0.1, -0.05) is 28.8 Å². The fraction of sp³-hybridized carbons (Fsp3) is 0.250. The van der Waals surface area contributed by atoms with Crippen LogP contribution in [0.1, 0.15) is 16.7 Å². The second-order valence-corrected chi connectivity index (χ2v) is 4.41.